The fourth-order valence-corrected chi connectivity index (χ4v) is 7.38. The largest absolute Gasteiger partial charge is 0.436 e. The summed E-state index contributed by atoms with van der Waals surface area (Å²) in [6.45, 7) is 2.02. The highest BCUT2D eigenvalue weighted by Crippen LogP contribution is 2.38. The SMILES string of the molecule is CN(C)C1CCN(C(=O)[C@@H](Cc2cc(Br)c(N)c(C(F)(F)F)c2)OC(=O)N2CCC(N3Cc4ccsc4NC3=O)CC2)CC1. The van der Waals surface area contributed by atoms with Crippen molar-refractivity contribution in [2.75, 3.05) is 51.3 Å². The molecule has 15 heteroatoms. The quantitative estimate of drug-likeness (QED) is 0.400. The molecule has 0 unspecified atom stereocenters. The zero-order valence-corrected chi connectivity index (χ0v) is 26.9. The van der Waals surface area contributed by atoms with Gasteiger partial charge in [-0.15, -0.1) is 11.3 Å². The number of halogens is 4. The van der Waals surface area contributed by atoms with Crippen LogP contribution in [0.3, 0.4) is 0 Å². The molecule has 2 aromatic rings. The van der Waals surface area contributed by atoms with Gasteiger partial charge in [-0.2, -0.15) is 13.2 Å². The Morgan fingerprint density at radius 2 is 1.80 bits per heavy atom. The van der Waals surface area contributed by atoms with Gasteiger partial charge in [-0.3, -0.25) is 10.1 Å². The third-order valence-electron chi connectivity index (χ3n) is 8.67. The van der Waals surface area contributed by atoms with Crippen molar-refractivity contribution in [2.45, 2.75) is 63.0 Å². The number of piperidine rings is 2. The van der Waals surface area contributed by atoms with E-state index in [2.05, 4.69) is 26.1 Å². The van der Waals surface area contributed by atoms with Crippen LogP contribution in [0.15, 0.2) is 28.1 Å². The zero-order valence-electron chi connectivity index (χ0n) is 24.5. The van der Waals surface area contributed by atoms with Crippen molar-refractivity contribution in [2.24, 2.45) is 0 Å². The summed E-state index contributed by atoms with van der Waals surface area (Å²) in [4.78, 5) is 46.8. The molecule has 44 heavy (non-hydrogen) atoms. The van der Waals surface area contributed by atoms with E-state index in [1.165, 1.54) is 22.3 Å². The lowest BCUT2D eigenvalue weighted by Gasteiger charge is -2.40. The van der Waals surface area contributed by atoms with E-state index in [1.54, 1.807) is 9.80 Å². The van der Waals surface area contributed by atoms with Crippen LogP contribution in [0.1, 0.15) is 42.4 Å². The molecule has 10 nitrogen and oxygen atoms in total. The number of nitrogens with two attached hydrogens (primary N) is 1. The molecule has 240 valence electrons. The molecular weight excluding hydrogens is 665 g/mol. The minimum atomic E-state index is -4.70. The normalized spacial score (nSPS) is 19.2. The number of hydrogen-bond donors (Lipinski definition) is 2. The van der Waals surface area contributed by atoms with Crippen LogP contribution in [0, 0.1) is 0 Å². The topological polar surface area (TPSA) is 111 Å². The minimum absolute atomic E-state index is 0.0463. The molecule has 0 saturated carbocycles. The predicted octanol–water partition coefficient (Wildman–Crippen LogP) is 5.22. The predicted molar refractivity (Wildman–Crippen MR) is 164 cm³/mol. The average molecular weight is 702 g/mol. The Kier molecular flexibility index (Phi) is 9.66. The molecule has 1 aromatic carbocycles. The van der Waals surface area contributed by atoms with Crippen LogP contribution in [0.4, 0.5) is 33.4 Å². The van der Waals surface area contributed by atoms with Gasteiger partial charge in [0.05, 0.1) is 17.8 Å². The van der Waals surface area contributed by atoms with Gasteiger partial charge in [0, 0.05) is 54.7 Å². The third kappa shape index (κ3) is 7.09. The van der Waals surface area contributed by atoms with E-state index in [0.29, 0.717) is 51.6 Å². The van der Waals surface area contributed by atoms with Crippen LogP contribution < -0.4 is 11.1 Å². The van der Waals surface area contributed by atoms with Crippen molar-refractivity contribution >= 4 is 56.0 Å². The van der Waals surface area contributed by atoms with Crippen molar-refractivity contribution in [1.82, 2.24) is 19.6 Å². The van der Waals surface area contributed by atoms with Crippen LogP contribution in [-0.4, -0.2) is 96.1 Å². The summed E-state index contributed by atoms with van der Waals surface area (Å²) < 4.78 is 46.9. The summed E-state index contributed by atoms with van der Waals surface area (Å²) in [5.41, 5.74) is 5.43. The van der Waals surface area contributed by atoms with E-state index < -0.39 is 35.5 Å². The summed E-state index contributed by atoms with van der Waals surface area (Å²) in [5, 5.41) is 5.70. The number of nitrogens with zero attached hydrogens (tertiary/aromatic N) is 4. The van der Waals surface area contributed by atoms with Crippen molar-refractivity contribution in [3.8, 4) is 0 Å². The van der Waals surface area contributed by atoms with Gasteiger partial charge in [-0.25, -0.2) is 9.59 Å². The molecule has 1 aromatic heterocycles. The zero-order chi connectivity index (χ0) is 31.8. The van der Waals surface area contributed by atoms with Crippen LogP contribution >= 0.6 is 27.3 Å². The molecule has 4 heterocycles. The van der Waals surface area contributed by atoms with Gasteiger partial charge < -0.3 is 30.1 Å². The van der Waals surface area contributed by atoms with Crippen molar-refractivity contribution in [1.29, 1.82) is 0 Å². The second kappa shape index (κ2) is 13.1. The number of nitrogens with one attached hydrogen (secondary N) is 1. The van der Waals surface area contributed by atoms with Gasteiger partial charge in [0.1, 0.15) is 5.00 Å². The lowest BCUT2D eigenvalue weighted by molar-refractivity contribution is -0.142. The number of fused-ring (bicyclic) bond motifs is 1. The summed E-state index contributed by atoms with van der Waals surface area (Å²) in [6.07, 6.45) is -4.46. The molecule has 4 amide bonds. The van der Waals surface area contributed by atoms with Gasteiger partial charge in [0.15, 0.2) is 6.10 Å². The number of carbonyl (C=O) groups is 3. The number of carbonyl (C=O) groups excluding carboxylic acids is 3. The van der Waals surface area contributed by atoms with Crippen molar-refractivity contribution in [3.05, 3.63) is 44.7 Å². The fraction of sp³-hybridized carbons (Fsp3) is 0.552. The van der Waals surface area contributed by atoms with Gasteiger partial charge >= 0.3 is 18.3 Å². The number of nitrogen functional groups attached to an aromatic ring is 1. The molecule has 3 aliphatic rings. The second-order valence-corrected chi connectivity index (χ2v) is 13.5. The van der Waals surface area contributed by atoms with E-state index in [4.69, 9.17) is 10.5 Å². The molecule has 0 radical (unpaired) electrons. The van der Waals surface area contributed by atoms with E-state index in [1.807, 2.05) is 25.5 Å². The molecule has 3 aliphatic heterocycles. The maximum Gasteiger partial charge on any atom is 0.418 e. The number of rotatable bonds is 6. The number of urea groups is 1. The molecule has 0 bridgehead atoms. The number of alkyl halides is 3. The molecular formula is C29H36BrF3N6O4S. The van der Waals surface area contributed by atoms with Crippen LogP contribution in [0.2, 0.25) is 0 Å². The summed E-state index contributed by atoms with van der Waals surface area (Å²) in [5.74, 6) is -0.441. The fourth-order valence-electron chi connectivity index (χ4n) is 6.07. The molecule has 0 aliphatic carbocycles. The molecule has 1 atom stereocenters. The van der Waals surface area contributed by atoms with Crippen LogP contribution in [-0.2, 0) is 28.7 Å². The van der Waals surface area contributed by atoms with E-state index in [9.17, 15) is 27.6 Å². The minimum Gasteiger partial charge on any atom is -0.436 e. The number of amides is 4. The smallest absolute Gasteiger partial charge is 0.418 e. The number of hydrogen-bond acceptors (Lipinski definition) is 7. The second-order valence-electron chi connectivity index (χ2n) is 11.7. The van der Waals surface area contributed by atoms with Crippen LogP contribution in [0.25, 0.3) is 0 Å². The van der Waals surface area contributed by atoms with E-state index in [-0.39, 0.29) is 28.5 Å². The highest BCUT2D eigenvalue weighted by molar-refractivity contribution is 9.10. The van der Waals surface area contributed by atoms with Gasteiger partial charge in [-0.05, 0) is 84.9 Å². The molecule has 3 N–H and O–H groups in total. The van der Waals surface area contributed by atoms with Crippen molar-refractivity contribution < 1.29 is 32.3 Å². The monoisotopic (exact) mass is 700 g/mol. The maximum atomic E-state index is 13.7. The lowest BCUT2D eigenvalue weighted by Crippen LogP contribution is -2.52. The first-order valence-electron chi connectivity index (χ1n) is 14.5. The first kappa shape index (κ1) is 32.4. The van der Waals surface area contributed by atoms with E-state index in [0.717, 1.165) is 29.5 Å². The molecule has 0 spiro atoms. The number of likely N-dealkylation sites (tertiary alicyclic amines) is 2. The molecule has 5 rings (SSSR count). The van der Waals surface area contributed by atoms with Crippen molar-refractivity contribution in [3.63, 3.8) is 0 Å². The summed E-state index contributed by atoms with van der Waals surface area (Å²) in [7, 11) is 3.95. The Labute approximate surface area is 266 Å². The Bertz CT molecular complexity index is 1390. The Morgan fingerprint density at radius 3 is 2.43 bits per heavy atom. The van der Waals surface area contributed by atoms with E-state index >= 15 is 0 Å². The van der Waals surface area contributed by atoms with Gasteiger partial charge in [-0.1, -0.05) is 0 Å². The number of benzene rings is 1. The lowest BCUT2D eigenvalue weighted by atomic mass is 10.00. The van der Waals surface area contributed by atoms with Gasteiger partial charge in [0.25, 0.3) is 5.91 Å². The maximum absolute atomic E-state index is 13.7. The first-order chi connectivity index (χ1) is 20.8. The molecule has 2 fully saturated rings. The summed E-state index contributed by atoms with van der Waals surface area (Å²) in [6, 6.07) is 4.37. The number of anilines is 2. The average Bonchev–Trinajstić information content (AvgIpc) is 3.44. The summed E-state index contributed by atoms with van der Waals surface area (Å²) >= 11 is 4.58. The standard InChI is InChI=1S/C29H36BrF3N6O4S/c1-36(2)19-3-8-37(9-4-19)26(40)23(15-17-13-21(29(31,32)33)24(34)22(30)14-17)43-28(42)38-10-5-20(6-11-38)39-16-18-7-12-44-25(18)35-27(39)41/h7,12-14,19-20,23H,3-6,8-11,15-16,34H2,1-2H3,(H,35,41)/t23-/m1/s1. The molecule has 2 saturated heterocycles. The Morgan fingerprint density at radius 1 is 1.14 bits per heavy atom. The number of thiophene rings is 1. The highest BCUT2D eigenvalue weighted by Gasteiger charge is 2.38. The number of ether oxygens (including phenoxy) is 1. The van der Waals surface area contributed by atoms with Gasteiger partial charge in [0.2, 0.25) is 0 Å². The van der Waals surface area contributed by atoms with Crippen LogP contribution in [0.5, 0.6) is 0 Å². The Balaban J connectivity index is 1.28. The Hall–Kier alpha value is -3.04. The third-order valence-corrected chi connectivity index (χ3v) is 10.2. The first-order valence-corrected chi connectivity index (χ1v) is 16.2. The highest BCUT2D eigenvalue weighted by atomic mass is 79.9.